The van der Waals surface area contributed by atoms with Crippen LogP contribution in [0.4, 0.5) is 52.7 Å². The van der Waals surface area contributed by atoms with Crippen molar-refractivity contribution in [2.24, 2.45) is 9.98 Å². The van der Waals surface area contributed by atoms with Gasteiger partial charge in [0.15, 0.2) is 0 Å². The van der Waals surface area contributed by atoms with Crippen LogP contribution in [0, 0.1) is 0 Å². The molecular formula is C52H31F12N5. The van der Waals surface area contributed by atoms with Crippen LogP contribution in [0.3, 0.4) is 0 Å². The number of hydrogen-bond donors (Lipinski definition) is 3. The summed E-state index contributed by atoms with van der Waals surface area (Å²) < 4.78 is 164. The standard InChI is InChI=1S/C52H31F12N5/c53-49(54,55)33-13-5-29(6-14-33)45(37-3-1-27-65-37)39-21-23-41(67-39)47(31-9-17-35(18-10-31)51(59,60)61)43-25-26-44(69-43)48(32-11-19-36(20-12-32)52(62,63)64)42-24-22-40(68-42)46(38-4-2-28-66-38)30-7-15-34(16-8-30)50(56,57)58/h1-28,65-66,69H/b45-39-,46-40+,47-43-,48-44-. The van der Waals surface area contributed by atoms with E-state index in [1.54, 1.807) is 73.1 Å². The van der Waals surface area contributed by atoms with E-state index in [0.717, 1.165) is 48.5 Å². The van der Waals surface area contributed by atoms with Gasteiger partial charge in [0.25, 0.3) is 0 Å². The van der Waals surface area contributed by atoms with E-state index in [-0.39, 0.29) is 33.7 Å². The van der Waals surface area contributed by atoms with Crippen molar-refractivity contribution in [3.05, 3.63) is 248 Å². The number of H-pyrrole nitrogens is 3. The molecule has 0 spiro atoms. The summed E-state index contributed by atoms with van der Waals surface area (Å²) in [4.78, 5) is 19.2. The van der Waals surface area contributed by atoms with E-state index >= 15 is 0 Å². The van der Waals surface area contributed by atoms with E-state index in [1.807, 2.05) is 0 Å². The topological polar surface area (TPSA) is 72.1 Å². The van der Waals surface area contributed by atoms with Crippen LogP contribution in [0.5, 0.6) is 0 Å². The van der Waals surface area contributed by atoms with Gasteiger partial charge in [-0.2, -0.15) is 52.7 Å². The van der Waals surface area contributed by atoms with Crippen molar-refractivity contribution >= 4 is 33.7 Å². The SMILES string of the molecule is FC(F)(F)c1ccc(/C(=C2\C=CC(C(/c3ccc(C(F)(F)F)cc3)=c3/cc/c(=C(C4=N/C(=C(\c5ccc(C(F)(F)F)cc5)c5ccc[nH]5)C=C4)\c4ccc(C(F)(F)F)cc4)[nH]3)=N2)c2ccc[nH]2)cc1. The Bertz CT molecular complexity index is 3130. The maximum atomic E-state index is 13.8. The van der Waals surface area contributed by atoms with Crippen LogP contribution in [0.25, 0.3) is 22.3 Å². The Labute approximate surface area is 383 Å². The minimum Gasteiger partial charge on any atom is -0.361 e. The molecule has 5 nitrogen and oxygen atoms in total. The molecule has 4 aromatic carbocycles. The average Bonchev–Trinajstić information content (AvgIpc) is 4.17. The zero-order chi connectivity index (χ0) is 48.9. The number of allylic oxidation sites excluding steroid dienone is 4. The molecule has 0 saturated carbocycles. The summed E-state index contributed by atoms with van der Waals surface area (Å²) in [6.45, 7) is 0. The van der Waals surface area contributed by atoms with E-state index in [9.17, 15) is 52.7 Å². The summed E-state index contributed by atoms with van der Waals surface area (Å²) in [7, 11) is 0. The number of aliphatic imine (C=N–C) groups is 2. The Morgan fingerprint density at radius 3 is 0.884 bits per heavy atom. The van der Waals surface area contributed by atoms with Gasteiger partial charge < -0.3 is 15.0 Å². The maximum absolute atomic E-state index is 13.8. The number of rotatable bonds is 8. The molecule has 9 rings (SSSR count). The van der Waals surface area contributed by atoms with Crippen LogP contribution < -0.4 is 10.7 Å². The Kier molecular flexibility index (Phi) is 11.7. The highest BCUT2D eigenvalue weighted by Gasteiger charge is 2.34. The largest absolute Gasteiger partial charge is 0.416 e. The maximum Gasteiger partial charge on any atom is 0.416 e. The van der Waals surface area contributed by atoms with Crippen molar-refractivity contribution in [1.29, 1.82) is 0 Å². The molecule has 0 unspecified atom stereocenters. The lowest BCUT2D eigenvalue weighted by Crippen LogP contribution is -2.21. The first-order chi connectivity index (χ1) is 32.7. The molecule has 5 heterocycles. The third-order valence-corrected chi connectivity index (χ3v) is 11.3. The van der Waals surface area contributed by atoms with Gasteiger partial charge >= 0.3 is 24.7 Å². The molecular weight excluding hydrogens is 923 g/mol. The summed E-state index contributed by atoms with van der Waals surface area (Å²) >= 11 is 0. The van der Waals surface area contributed by atoms with E-state index < -0.39 is 47.0 Å². The van der Waals surface area contributed by atoms with Crippen molar-refractivity contribution in [3.63, 3.8) is 0 Å². The molecule has 0 amide bonds. The van der Waals surface area contributed by atoms with Gasteiger partial charge in [-0.15, -0.1) is 0 Å². The summed E-state index contributed by atoms with van der Waals surface area (Å²) in [5, 5.41) is 0.592. The van der Waals surface area contributed by atoms with Gasteiger partial charge in [-0.05, 0) is 131 Å². The smallest absolute Gasteiger partial charge is 0.361 e. The summed E-state index contributed by atoms with van der Waals surface area (Å²) in [6, 6.07) is 27.5. The average molecular weight is 954 g/mol. The van der Waals surface area contributed by atoms with Crippen LogP contribution in [0.15, 0.2) is 192 Å². The molecule has 2 aliphatic rings. The first kappa shape index (κ1) is 46.0. The highest BCUT2D eigenvalue weighted by molar-refractivity contribution is 6.31. The zero-order valence-corrected chi connectivity index (χ0v) is 35.1. The van der Waals surface area contributed by atoms with Gasteiger partial charge in [-0.1, -0.05) is 48.5 Å². The van der Waals surface area contributed by atoms with Crippen molar-refractivity contribution in [1.82, 2.24) is 15.0 Å². The molecule has 0 fully saturated rings. The first-order valence-electron chi connectivity index (χ1n) is 20.7. The van der Waals surface area contributed by atoms with E-state index in [0.29, 0.717) is 55.8 Å². The summed E-state index contributed by atoms with van der Waals surface area (Å²) in [6.07, 6.45) is -8.88. The van der Waals surface area contributed by atoms with Crippen molar-refractivity contribution in [2.45, 2.75) is 24.7 Å². The lowest BCUT2D eigenvalue weighted by Gasteiger charge is -2.12. The third kappa shape index (κ3) is 9.57. The number of nitrogens with zero attached hydrogens (tertiary/aromatic N) is 2. The minimum absolute atomic E-state index is 0.237. The number of hydrogen-bond acceptors (Lipinski definition) is 2. The fraction of sp³-hybridized carbons (Fsp3) is 0.0769. The van der Waals surface area contributed by atoms with Gasteiger partial charge in [0.1, 0.15) is 0 Å². The quantitative estimate of drug-likeness (QED) is 0.127. The molecule has 348 valence electrons. The van der Waals surface area contributed by atoms with Crippen LogP contribution in [0.2, 0.25) is 0 Å². The summed E-state index contributed by atoms with van der Waals surface area (Å²) in [5.74, 6) is 0. The highest BCUT2D eigenvalue weighted by atomic mass is 19.4. The number of alkyl halides is 12. The van der Waals surface area contributed by atoms with Crippen molar-refractivity contribution in [2.75, 3.05) is 0 Å². The molecule has 0 saturated heterocycles. The molecule has 0 aliphatic carbocycles. The second-order valence-electron chi connectivity index (χ2n) is 15.7. The summed E-state index contributed by atoms with van der Waals surface area (Å²) in [5.41, 5.74) is 1.18. The molecule has 3 N–H and O–H groups in total. The highest BCUT2D eigenvalue weighted by Crippen LogP contribution is 2.38. The van der Waals surface area contributed by atoms with Crippen LogP contribution in [0.1, 0.15) is 55.9 Å². The number of aromatic nitrogens is 3. The van der Waals surface area contributed by atoms with E-state index in [2.05, 4.69) is 15.0 Å². The normalized spacial score (nSPS) is 16.7. The molecule has 0 atom stereocenters. The van der Waals surface area contributed by atoms with Gasteiger partial charge in [0.2, 0.25) is 0 Å². The fourth-order valence-corrected chi connectivity index (χ4v) is 8.01. The second-order valence-corrected chi connectivity index (χ2v) is 15.7. The Balaban J connectivity index is 1.27. The Hall–Kier alpha value is -8.08. The zero-order valence-electron chi connectivity index (χ0n) is 35.1. The predicted molar refractivity (Wildman–Crippen MR) is 238 cm³/mol. The fourth-order valence-electron chi connectivity index (χ4n) is 8.01. The molecule has 69 heavy (non-hydrogen) atoms. The van der Waals surface area contributed by atoms with Crippen molar-refractivity contribution < 1.29 is 52.7 Å². The van der Waals surface area contributed by atoms with Crippen LogP contribution in [-0.2, 0) is 24.7 Å². The monoisotopic (exact) mass is 953 g/mol. The van der Waals surface area contributed by atoms with Gasteiger partial charge in [-0.3, -0.25) is 0 Å². The lowest BCUT2D eigenvalue weighted by atomic mass is 9.99. The number of aromatic amines is 3. The van der Waals surface area contributed by atoms with Crippen LogP contribution in [-0.4, -0.2) is 26.4 Å². The molecule has 3 aromatic heterocycles. The van der Waals surface area contributed by atoms with Crippen molar-refractivity contribution in [3.8, 4) is 0 Å². The molecule has 2 aliphatic heterocycles. The molecule has 0 bridgehead atoms. The molecule has 7 aromatic rings. The van der Waals surface area contributed by atoms with E-state index in [1.165, 1.54) is 48.5 Å². The second kappa shape index (κ2) is 17.5. The number of nitrogens with one attached hydrogen (secondary N) is 3. The van der Waals surface area contributed by atoms with Crippen LogP contribution >= 0.6 is 0 Å². The lowest BCUT2D eigenvalue weighted by molar-refractivity contribution is -0.138. The Morgan fingerprint density at radius 2 is 0.623 bits per heavy atom. The van der Waals surface area contributed by atoms with Gasteiger partial charge in [0.05, 0.1) is 45.1 Å². The molecule has 17 heteroatoms. The predicted octanol–water partition coefficient (Wildman–Crippen LogP) is 13.1. The molecule has 0 radical (unpaired) electrons. The first-order valence-corrected chi connectivity index (χ1v) is 20.7. The Morgan fingerprint density at radius 1 is 0.333 bits per heavy atom. The van der Waals surface area contributed by atoms with Gasteiger partial charge in [0, 0.05) is 56.8 Å². The number of benzene rings is 4. The van der Waals surface area contributed by atoms with Gasteiger partial charge in [-0.25, -0.2) is 9.98 Å². The number of halogens is 12. The minimum atomic E-state index is -4.67. The van der Waals surface area contributed by atoms with E-state index in [4.69, 9.17) is 9.98 Å². The third-order valence-electron chi connectivity index (χ3n) is 11.3.